The molecule has 102 valence electrons. The predicted octanol–water partition coefficient (Wildman–Crippen LogP) is 1.53. The summed E-state index contributed by atoms with van der Waals surface area (Å²) in [5.41, 5.74) is 6.80. The second kappa shape index (κ2) is 9.11. The molecule has 2 N–H and O–H groups in total. The Bertz CT molecular complexity index is 452. The van der Waals surface area contributed by atoms with E-state index in [1.165, 1.54) is 0 Å². The minimum atomic E-state index is 0.138. The number of hydrogen-bond acceptors (Lipinski definition) is 5. The first-order valence-corrected chi connectivity index (χ1v) is 5.92. The highest BCUT2D eigenvalue weighted by molar-refractivity contribution is 5.59. The van der Waals surface area contributed by atoms with Gasteiger partial charge in [0.15, 0.2) is 6.79 Å². The van der Waals surface area contributed by atoms with Gasteiger partial charge in [0, 0.05) is 19.2 Å². The van der Waals surface area contributed by atoms with Gasteiger partial charge in [0.05, 0.1) is 24.8 Å². The van der Waals surface area contributed by atoms with E-state index in [4.69, 9.17) is 25.2 Å². The van der Waals surface area contributed by atoms with Gasteiger partial charge in [-0.1, -0.05) is 12.2 Å². The predicted molar refractivity (Wildman–Crippen MR) is 72.6 cm³/mol. The molecule has 0 aliphatic carbocycles. The molecule has 0 aliphatic rings. The van der Waals surface area contributed by atoms with E-state index >= 15 is 0 Å². The van der Waals surface area contributed by atoms with Crippen molar-refractivity contribution >= 4 is 6.08 Å². The van der Waals surface area contributed by atoms with Crippen molar-refractivity contribution in [1.82, 2.24) is 0 Å². The molecule has 0 spiro atoms. The molecule has 19 heavy (non-hydrogen) atoms. The van der Waals surface area contributed by atoms with Crippen LogP contribution < -0.4 is 10.5 Å². The zero-order chi connectivity index (χ0) is 13.9. The van der Waals surface area contributed by atoms with Crippen molar-refractivity contribution in [3.8, 4) is 11.8 Å². The zero-order valence-electron chi connectivity index (χ0n) is 11.0. The average molecular weight is 262 g/mol. The van der Waals surface area contributed by atoms with E-state index < -0.39 is 0 Å². The van der Waals surface area contributed by atoms with Gasteiger partial charge in [-0.25, -0.2) is 0 Å². The van der Waals surface area contributed by atoms with E-state index in [1.807, 2.05) is 6.08 Å². The standard InChI is InChI=1S/C14H18N2O3/c1-17-7-8-18-11-19-14-5-4-12(10-16)9-13(14)3-2-6-15/h2-5,9H,6-8,11,15H2,1H3. The summed E-state index contributed by atoms with van der Waals surface area (Å²) >= 11 is 0. The normalized spacial score (nSPS) is 10.6. The summed E-state index contributed by atoms with van der Waals surface area (Å²) < 4.78 is 15.6. The first-order valence-electron chi connectivity index (χ1n) is 5.92. The smallest absolute Gasteiger partial charge is 0.189 e. The van der Waals surface area contributed by atoms with Gasteiger partial charge in [-0.15, -0.1) is 0 Å². The van der Waals surface area contributed by atoms with Crippen molar-refractivity contribution in [1.29, 1.82) is 5.26 Å². The summed E-state index contributed by atoms with van der Waals surface area (Å²) in [6, 6.07) is 7.28. The van der Waals surface area contributed by atoms with E-state index in [0.29, 0.717) is 31.1 Å². The monoisotopic (exact) mass is 262 g/mol. The van der Waals surface area contributed by atoms with Crippen molar-refractivity contribution in [3.05, 3.63) is 35.4 Å². The summed E-state index contributed by atoms with van der Waals surface area (Å²) in [6.45, 7) is 1.57. The third-order valence-electron chi connectivity index (χ3n) is 2.30. The number of hydrogen-bond donors (Lipinski definition) is 1. The fourth-order valence-corrected chi connectivity index (χ4v) is 1.38. The molecule has 0 unspecified atom stereocenters. The first kappa shape index (κ1) is 15.2. The van der Waals surface area contributed by atoms with E-state index in [1.54, 1.807) is 31.4 Å². The van der Waals surface area contributed by atoms with Crippen LogP contribution in [0.3, 0.4) is 0 Å². The number of nitriles is 1. The van der Waals surface area contributed by atoms with Gasteiger partial charge in [0.1, 0.15) is 5.75 Å². The number of nitrogens with two attached hydrogens (primary N) is 1. The first-order chi connectivity index (χ1) is 9.31. The molecule has 0 bridgehead atoms. The molecule has 0 aromatic heterocycles. The lowest BCUT2D eigenvalue weighted by Gasteiger charge is -2.10. The van der Waals surface area contributed by atoms with E-state index in [2.05, 4.69) is 6.07 Å². The number of methoxy groups -OCH3 is 1. The van der Waals surface area contributed by atoms with Crippen LogP contribution in [0.2, 0.25) is 0 Å². The Labute approximate surface area is 113 Å². The van der Waals surface area contributed by atoms with Crippen molar-refractivity contribution < 1.29 is 14.2 Å². The maximum Gasteiger partial charge on any atom is 0.189 e. The number of benzene rings is 1. The zero-order valence-corrected chi connectivity index (χ0v) is 11.0. The summed E-state index contributed by atoms with van der Waals surface area (Å²) in [5.74, 6) is 0.654. The van der Waals surface area contributed by atoms with Crippen LogP contribution in [-0.4, -0.2) is 33.7 Å². The van der Waals surface area contributed by atoms with Crippen molar-refractivity contribution in [2.45, 2.75) is 0 Å². The second-order valence-corrected chi connectivity index (χ2v) is 3.67. The maximum atomic E-state index is 8.87. The molecule has 0 atom stereocenters. The van der Waals surface area contributed by atoms with Gasteiger partial charge in [0.25, 0.3) is 0 Å². The van der Waals surface area contributed by atoms with Crippen LogP contribution in [0, 0.1) is 11.3 Å². The van der Waals surface area contributed by atoms with Gasteiger partial charge in [-0.3, -0.25) is 0 Å². The molecular weight excluding hydrogens is 244 g/mol. The Hall–Kier alpha value is -1.87. The fraction of sp³-hybridized carbons (Fsp3) is 0.357. The molecule has 1 aromatic rings. The molecule has 5 heteroatoms. The molecule has 0 heterocycles. The SMILES string of the molecule is COCCOCOc1ccc(C#N)cc1C=CCN. The van der Waals surface area contributed by atoms with Crippen LogP contribution in [0.4, 0.5) is 0 Å². The number of ether oxygens (including phenoxy) is 3. The highest BCUT2D eigenvalue weighted by Crippen LogP contribution is 2.21. The molecule has 0 aliphatic heterocycles. The average Bonchev–Trinajstić information content (AvgIpc) is 2.45. The van der Waals surface area contributed by atoms with Gasteiger partial charge in [-0.05, 0) is 18.2 Å². The highest BCUT2D eigenvalue weighted by atomic mass is 16.7. The van der Waals surface area contributed by atoms with Crippen LogP contribution in [-0.2, 0) is 9.47 Å². The second-order valence-electron chi connectivity index (χ2n) is 3.67. The number of nitrogens with zero attached hydrogens (tertiary/aromatic N) is 1. The lowest BCUT2D eigenvalue weighted by atomic mass is 10.1. The fourth-order valence-electron chi connectivity index (χ4n) is 1.38. The Kier molecular flexibility index (Phi) is 7.28. The topological polar surface area (TPSA) is 77.5 Å². The van der Waals surface area contributed by atoms with Gasteiger partial charge in [0.2, 0.25) is 0 Å². The summed E-state index contributed by atoms with van der Waals surface area (Å²) in [4.78, 5) is 0. The summed E-state index contributed by atoms with van der Waals surface area (Å²) in [7, 11) is 1.61. The minimum absolute atomic E-state index is 0.138. The Morgan fingerprint density at radius 3 is 2.89 bits per heavy atom. The van der Waals surface area contributed by atoms with E-state index in [-0.39, 0.29) is 6.79 Å². The van der Waals surface area contributed by atoms with E-state index in [9.17, 15) is 0 Å². The lowest BCUT2D eigenvalue weighted by molar-refractivity contribution is -0.00856. The number of rotatable bonds is 8. The van der Waals surface area contributed by atoms with Crippen molar-refractivity contribution in [2.75, 3.05) is 33.7 Å². The van der Waals surface area contributed by atoms with Gasteiger partial charge < -0.3 is 19.9 Å². The molecule has 1 rings (SSSR count). The maximum absolute atomic E-state index is 8.87. The largest absolute Gasteiger partial charge is 0.467 e. The molecule has 0 radical (unpaired) electrons. The highest BCUT2D eigenvalue weighted by Gasteiger charge is 2.02. The molecule has 0 amide bonds. The van der Waals surface area contributed by atoms with E-state index in [0.717, 1.165) is 5.56 Å². The van der Waals surface area contributed by atoms with Crippen LogP contribution >= 0.6 is 0 Å². The molecule has 5 nitrogen and oxygen atoms in total. The van der Waals surface area contributed by atoms with Crippen LogP contribution in [0.5, 0.6) is 5.75 Å². The van der Waals surface area contributed by atoms with Gasteiger partial charge in [-0.2, -0.15) is 5.26 Å². The lowest BCUT2D eigenvalue weighted by Crippen LogP contribution is -2.08. The minimum Gasteiger partial charge on any atom is -0.467 e. The van der Waals surface area contributed by atoms with Gasteiger partial charge >= 0.3 is 0 Å². The Morgan fingerprint density at radius 1 is 1.37 bits per heavy atom. The quantitative estimate of drug-likeness (QED) is 0.568. The molecule has 1 aromatic carbocycles. The van der Waals surface area contributed by atoms with Crippen LogP contribution in [0.15, 0.2) is 24.3 Å². The molecule has 0 fully saturated rings. The Balaban J connectivity index is 2.65. The molecule has 0 saturated carbocycles. The summed E-state index contributed by atoms with van der Waals surface area (Å²) in [6.07, 6.45) is 3.63. The van der Waals surface area contributed by atoms with Crippen molar-refractivity contribution in [3.63, 3.8) is 0 Å². The third kappa shape index (κ3) is 5.53. The molecule has 0 saturated heterocycles. The van der Waals surface area contributed by atoms with Crippen molar-refractivity contribution in [2.24, 2.45) is 5.73 Å². The third-order valence-corrected chi connectivity index (χ3v) is 2.30. The van der Waals surface area contributed by atoms with Crippen LogP contribution in [0.25, 0.3) is 6.08 Å². The Morgan fingerprint density at radius 2 is 2.21 bits per heavy atom. The molecular formula is C14H18N2O3. The summed E-state index contributed by atoms with van der Waals surface area (Å²) in [5, 5.41) is 8.87. The van der Waals surface area contributed by atoms with Crippen LogP contribution in [0.1, 0.15) is 11.1 Å².